The average Bonchev–Trinajstić information content (AvgIpc) is 2.44. The highest BCUT2D eigenvalue weighted by atomic mass is 32.2. The molecule has 0 aliphatic carbocycles. The first kappa shape index (κ1) is 16.8. The Morgan fingerprint density at radius 2 is 2.14 bits per heavy atom. The van der Waals surface area contributed by atoms with Crippen molar-refractivity contribution in [3.05, 3.63) is 29.8 Å². The van der Waals surface area contributed by atoms with Gasteiger partial charge in [0, 0.05) is 0 Å². The van der Waals surface area contributed by atoms with Gasteiger partial charge in [0.2, 0.25) is 10.0 Å². The third-order valence-electron chi connectivity index (χ3n) is 4.13. The Hall–Kier alpha value is -1.58. The molecule has 1 heterocycles. The number of hydrogen-bond acceptors (Lipinski definition) is 4. The van der Waals surface area contributed by atoms with Gasteiger partial charge in [0.15, 0.2) is 0 Å². The molecule has 2 atom stereocenters. The Morgan fingerprint density at radius 3 is 2.77 bits per heavy atom. The maximum Gasteiger partial charge on any atom is 0.215 e. The standard InChI is InChI=1S/C16H22N2O3S/c1-4-13(9-10-17)22(19,20)18-15-11-12-7-5-6-8-14(12)21-16(15,2)3/h5-8,13,15,18H,4,9,11H2,1-3H3. The molecule has 0 saturated carbocycles. The molecule has 1 aliphatic rings. The molecule has 22 heavy (non-hydrogen) atoms. The first-order chi connectivity index (χ1) is 10.3. The quantitative estimate of drug-likeness (QED) is 0.902. The second-order valence-electron chi connectivity index (χ2n) is 6.13. The maximum absolute atomic E-state index is 12.5. The van der Waals surface area contributed by atoms with Gasteiger partial charge in [0.1, 0.15) is 11.4 Å². The number of para-hydroxylation sites is 1. The second-order valence-corrected chi connectivity index (χ2v) is 8.12. The molecule has 120 valence electrons. The molecule has 1 aromatic rings. The molecule has 0 radical (unpaired) electrons. The Morgan fingerprint density at radius 1 is 1.45 bits per heavy atom. The number of fused-ring (bicyclic) bond motifs is 1. The van der Waals surface area contributed by atoms with Crippen molar-refractivity contribution in [1.82, 2.24) is 4.72 Å². The van der Waals surface area contributed by atoms with Gasteiger partial charge in [-0.05, 0) is 38.3 Å². The van der Waals surface area contributed by atoms with Crippen molar-refractivity contribution >= 4 is 10.0 Å². The van der Waals surface area contributed by atoms with E-state index in [2.05, 4.69) is 4.72 Å². The second kappa shape index (κ2) is 6.27. The first-order valence-electron chi connectivity index (χ1n) is 7.45. The lowest BCUT2D eigenvalue weighted by Crippen LogP contribution is -2.57. The van der Waals surface area contributed by atoms with E-state index in [1.165, 1.54) is 0 Å². The minimum Gasteiger partial charge on any atom is -0.486 e. The predicted molar refractivity (Wildman–Crippen MR) is 85.0 cm³/mol. The Bertz CT molecular complexity index is 677. The van der Waals surface area contributed by atoms with Gasteiger partial charge in [-0.25, -0.2) is 13.1 Å². The maximum atomic E-state index is 12.5. The van der Waals surface area contributed by atoms with E-state index < -0.39 is 20.9 Å². The van der Waals surface area contributed by atoms with Crippen molar-refractivity contribution in [2.24, 2.45) is 0 Å². The lowest BCUT2D eigenvalue weighted by atomic mass is 9.89. The van der Waals surface area contributed by atoms with Crippen LogP contribution in [0.25, 0.3) is 0 Å². The fraction of sp³-hybridized carbons (Fsp3) is 0.562. The van der Waals surface area contributed by atoms with Crippen LogP contribution in [0.4, 0.5) is 0 Å². The van der Waals surface area contributed by atoms with Crippen LogP contribution in [-0.4, -0.2) is 25.3 Å². The van der Waals surface area contributed by atoms with E-state index in [9.17, 15) is 8.42 Å². The van der Waals surface area contributed by atoms with Crippen LogP contribution in [0.5, 0.6) is 5.75 Å². The van der Waals surface area contributed by atoms with Crippen LogP contribution in [0.2, 0.25) is 0 Å². The van der Waals surface area contributed by atoms with Crippen molar-refractivity contribution in [2.45, 2.75) is 56.9 Å². The fourth-order valence-electron chi connectivity index (χ4n) is 2.65. The number of nitriles is 1. The van der Waals surface area contributed by atoms with E-state index in [1.807, 2.05) is 44.2 Å². The number of rotatable bonds is 5. The molecule has 0 aromatic heterocycles. The summed E-state index contributed by atoms with van der Waals surface area (Å²) < 4.78 is 33.7. The van der Waals surface area contributed by atoms with Crippen molar-refractivity contribution in [1.29, 1.82) is 5.26 Å². The molecule has 1 aliphatic heterocycles. The summed E-state index contributed by atoms with van der Waals surface area (Å²) in [6.07, 6.45) is 0.981. The lowest BCUT2D eigenvalue weighted by molar-refractivity contribution is 0.0573. The third kappa shape index (κ3) is 3.42. The summed E-state index contributed by atoms with van der Waals surface area (Å²) in [6, 6.07) is 9.24. The first-order valence-corrected chi connectivity index (χ1v) is 8.99. The van der Waals surface area contributed by atoms with Crippen molar-refractivity contribution in [2.75, 3.05) is 0 Å². The molecular weight excluding hydrogens is 300 g/mol. The van der Waals surface area contributed by atoms with Crippen LogP contribution in [0.3, 0.4) is 0 Å². The molecule has 0 spiro atoms. The molecule has 6 heteroatoms. The predicted octanol–water partition coefficient (Wildman–Crippen LogP) is 2.38. The van der Waals surface area contributed by atoms with E-state index in [0.717, 1.165) is 11.3 Å². The van der Waals surface area contributed by atoms with E-state index in [0.29, 0.717) is 12.8 Å². The number of sulfonamides is 1. The zero-order valence-electron chi connectivity index (χ0n) is 13.2. The molecule has 2 unspecified atom stereocenters. The molecular formula is C16H22N2O3S. The van der Waals surface area contributed by atoms with Gasteiger partial charge in [0.05, 0.1) is 23.8 Å². The van der Waals surface area contributed by atoms with Gasteiger partial charge < -0.3 is 4.74 Å². The molecule has 1 aromatic carbocycles. The smallest absolute Gasteiger partial charge is 0.215 e. The normalized spacial score (nSPS) is 21.3. The number of nitrogens with zero attached hydrogens (tertiary/aromatic N) is 1. The van der Waals surface area contributed by atoms with Crippen molar-refractivity contribution in [3.8, 4) is 11.8 Å². The van der Waals surface area contributed by atoms with Crippen LogP contribution in [0, 0.1) is 11.3 Å². The van der Waals surface area contributed by atoms with Crippen LogP contribution < -0.4 is 9.46 Å². The van der Waals surface area contributed by atoms with E-state index in [1.54, 1.807) is 6.92 Å². The molecule has 0 bridgehead atoms. The van der Waals surface area contributed by atoms with Crippen LogP contribution in [-0.2, 0) is 16.4 Å². The van der Waals surface area contributed by atoms with E-state index in [-0.39, 0.29) is 12.5 Å². The summed E-state index contributed by atoms with van der Waals surface area (Å²) in [5, 5.41) is 8.11. The SMILES string of the molecule is CCC(CC#N)S(=O)(=O)NC1Cc2ccccc2OC1(C)C. The topological polar surface area (TPSA) is 79.2 Å². The van der Waals surface area contributed by atoms with Gasteiger partial charge in [-0.1, -0.05) is 25.1 Å². The highest BCUT2D eigenvalue weighted by Crippen LogP contribution is 2.33. The molecule has 0 amide bonds. The number of ether oxygens (including phenoxy) is 1. The largest absolute Gasteiger partial charge is 0.486 e. The van der Waals surface area contributed by atoms with Crippen molar-refractivity contribution < 1.29 is 13.2 Å². The van der Waals surface area contributed by atoms with Gasteiger partial charge in [-0.15, -0.1) is 0 Å². The van der Waals surface area contributed by atoms with Crippen LogP contribution >= 0.6 is 0 Å². The zero-order chi connectivity index (χ0) is 16.4. The lowest BCUT2D eigenvalue weighted by Gasteiger charge is -2.40. The van der Waals surface area contributed by atoms with Gasteiger partial charge in [-0.3, -0.25) is 0 Å². The number of benzene rings is 1. The molecule has 2 rings (SSSR count). The average molecular weight is 322 g/mol. The zero-order valence-corrected chi connectivity index (χ0v) is 14.0. The van der Waals surface area contributed by atoms with Gasteiger partial charge >= 0.3 is 0 Å². The highest BCUT2D eigenvalue weighted by Gasteiger charge is 2.40. The highest BCUT2D eigenvalue weighted by molar-refractivity contribution is 7.90. The fourth-order valence-corrected chi connectivity index (χ4v) is 4.33. The van der Waals surface area contributed by atoms with Gasteiger partial charge in [-0.2, -0.15) is 5.26 Å². The van der Waals surface area contributed by atoms with Crippen LogP contribution in [0.15, 0.2) is 24.3 Å². The summed E-state index contributed by atoms with van der Waals surface area (Å²) in [7, 11) is -3.56. The molecule has 0 fully saturated rings. The summed E-state index contributed by atoms with van der Waals surface area (Å²) in [5.74, 6) is 0.798. The minimum atomic E-state index is -3.56. The summed E-state index contributed by atoms with van der Waals surface area (Å²) >= 11 is 0. The Labute approximate surface area is 132 Å². The van der Waals surface area contributed by atoms with E-state index >= 15 is 0 Å². The molecule has 5 nitrogen and oxygen atoms in total. The van der Waals surface area contributed by atoms with Crippen molar-refractivity contribution in [3.63, 3.8) is 0 Å². The Kier molecular flexibility index (Phi) is 4.78. The number of hydrogen-bond donors (Lipinski definition) is 1. The molecule has 1 N–H and O–H groups in total. The van der Waals surface area contributed by atoms with Crippen LogP contribution in [0.1, 0.15) is 39.2 Å². The Balaban J connectivity index is 2.24. The minimum absolute atomic E-state index is 0.00355. The molecule has 0 saturated heterocycles. The van der Waals surface area contributed by atoms with Gasteiger partial charge in [0.25, 0.3) is 0 Å². The van der Waals surface area contributed by atoms with E-state index in [4.69, 9.17) is 10.00 Å². The summed E-state index contributed by atoms with van der Waals surface area (Å²) in [6.45, 7) is 5.53. The monoisotopic (exact) mass is 322 g/mol. The summed E-state index contributed by atoms with van der Waals surface area (Å²) in [4.78, 5) is 0. The third-order valence-corrected chi connectivity index (χ3v) is 6.12. The number of nitrogens with one attached hydrogen (secondary N) is 1. The summed E-state index contributed by atoms with van der Waals surface area (Å²) in [5.41, 5.74) is 0.342.